The van der Waals surface area contributed by atoms with Crippen LogP contribution in [0.1, 0.15) is 37.8 Å². The maximum Gasteiger partial charge on any atom is 0.120 e. The normalized spacial score (nSPS) is 14.4. The number of rotatable bonds is 6. The molecule has 0 saturated carbocycles. The first kappa shape index (κ1) is 13.8. The van der Waals surface area contributed by atoms with E-state index in [0.717, 1.165) is 12.8 Å². The smallest absolute Gasteiger partial charge is 0.120 e. The number of benzene rings is 1. The average Bonchev–Trinajstić information content (AvgIpc) is 2.35. The van der Waals surface area contributed by atoms with Crippen LogP contribution in [0.15, 0.2) is 18.2 Å². The maximum absolute atomic E-state index is 9.91. The summed E-state index contributed by atoms with van der Waals surface area (Å²) in [5.41, 5.74) is 6.46. The Hall–Kier alpha value is -1.26. The van der Waals surface area contributed by atoms with Crippen molar-refractivity contribution in [2.24, 2.45) is 5.73 Å². The molecule has 2 atom stereocenters. The topological polar surface area (TPSA) is 75.7 Å². The van der Waals surface area contributed by atoms with E-state index in [2.05, 4.69) is 6.92 Å². The van der Waals surface area contributed by atoms with Crippen LogP contribution in [-0.2, 0) is 0 Å². The summed E-state index contributed by atoms with van der Waals surface area (Å²) < 4.78 is 5.07. The lowest BCUT2D eigenvalue weighted by molar-refractivity contribution is 0.131. The summed E-state index contributed by atoms with van der Waals surface area (Å²) in [6, 6.07) is 4.26. The Kier molecular flexibility index (Phi) is 5.25. The summed E-state index contributed by atoms with van der Waals surface area (Å²) in [4.78, 5) is 0. The predicted molar refractivity (Wildman–Crippen MR) is 67.1 cm³/mol. The molecule has 0 aliphatic heterocycles. The SMILES string of the molecule is CCCC[C@@H](O)[C@@H](N)c1cc(OC)ccc1O. The van der Waals surface area contributed by atoms with Gasteiger partial charge in [-0.1, -0.05) is 19.8 Å². The third kappa shape index (κ3) is 3.61. The fraction of sp³-hybridized carbons (Fsp3) is 0.538. The van der Waals surface area contributed by atoms with Crippen molar-refractivity contribution in [1.29, 1.82) is 0 Å². The van der Waals surface area contributed by atoms with Crippen molar-refractivity contribution in [1.82, 2.24) is 0 Å². The summed E-state index contributed by atoms with van der Waals surface area (Å²) in [5.74, 6) is 0.713. The maximum atomic E-state index is 9.91. The number of aromatic hydroxyl groups is 1. The van der Waals surface area contributed by atoms with E-state index in [4.69, 9.17) is 10.5 Å². The molecule has 0 unspecified atom stereocenters. The molecule has 4 nitrogen and oxygen atoms in total. The van der Waals surface area contributed by atoms with Crippen molar-refractivity contribution < 1.29 is 14.9 Å². The molecule has 0 heterocycles. The first-order valence-electron chi connectivity index (χ1n) is 5.90. The first-order valence-corrected chi connectivity index (χ1v) is 5.90. The number of hydrogen-bond acceptors (Lipinski definition) is 4. The molecule has 1 aromatic carbocycles. The van der Waals surface area contributed by atoms with Gasteiger partial charge in [0.15, 0.2) is 0 Å². The van der Waals surface area contributed by atoms with Crippen LogP contribution < -0.4 is 10.5 Å². The van der Waals surface area contributed by atoms with Crippen LogP contribution >= 0.6 is 0 Å². The van der Waals surface area contributed by atoms with Crippen molar-refractivity contribution in [3.8, 4) is 11.5 Å². The summed E-state index contributed by atoms with van der Waals surface area (Å²) >= 11 is 0. The van der Waals surface area contributed by atoms with Crippen LogP contribution in [0.5, 0.6) is 11.5 Å². The zero-order chi connectivity index (χ0) is 12.8. The second kappa shape index (κ2) is 6.47. The number of ether oxygens (including phenoxy) is 1. The standard InChI is InChI=1S/C13H21NO3/c1-3-4-5-12(16)13(14)10-8-9(17-2)6-7-11(10)15/h6-8,12-13,15-16H,3-5,14H2,1-2H3/t12-,13+/m1/s1. The van der Waals surface area contributed by atoms with Crippen LogP contribution in [0.25, 0.3) is 0 Å². The molecule has 96 valence electrons. The molecule has 4 heteroatoms. The summed E-state index contributed by atoms with van der Waals surface area (Å²) in [7, 11) is 1.55. The average molecular weight is 239 g/mol. The van der Waals surface area contributed by atoms with Gasteiger partial charge >= 0.3 is 0 Å². The minimum Gasteiger partial charge on any atom is -0.508 e. The molecule has 0 bridgehead atoms. The Morgan fingerprint density at radius 1 is 1.41 bits per heavy atom. The van der Waals surface area contributed by atoms with E-state index in [-0.39, 0.29) is 5.75 Å². The van der Waals surface area contributed by atoms with Crippen LogP contribution in [0.2, 0.25) is 0 Å². The lowest BCUT2D eigenvalue weighted by atomic mass is 9.97. The molecule has 0 spiro atoms. The highest BCUT2D eigenvalue weighted by molar-refractivity contribution is 5.41. The van der Waals surface area contributed by atoms with Crippen molar-refractivity contribution in [3.63, 3.8) is 0 Å². The van der Waals surface area contributed by atoms with E-state index in [9.17, 15) is 10.2 Å². The Labute approximate surface area is 102 Å². The summed E-state index contributed by atoms with van der Waals surface area (Å²) in [6.45, 7) is 2.06. The van der Waals surface area contributed by atoms with E-state index in [1.54, 1.807) is 19.2 Å². The van der Waals surface area contributed by atoms with Gasteiger partial charge in [-0.15, -0.1) is 0 Å². The quantitative estimate of drug-likeness (QED) is 0.709. The highest BCUT2D eigenvalue weighted by Gasteiger charge is 2.19. The number of nitrogens with two attached hydrogens (primary N) is 1. The molecule has 0 aliphatic carbocycles. The highest BCUT2D eigenvalue weighted by atomic mass is 16.5. The van der Waals surface area contributed by atoms with Gasteiger partial charge in [0.1, 0.15) is 11.5 Å². The molecule has 1 rings (SSSR count). The van der Waals surface area contributed by atoms with Gasteiger partial charge < -0.3 is 20.7 Å². The monoisotopic (exact) mass is 239 g/mol. The number of methoxy groups -OCH3 is 1. The zero-order valence-electron chi connectivity index (χ0n) is 10.4. The Bertz CT molecular complexity index is 355. The molecule has 0 fully saturated rings. The summed E-state index contributed by atoms with van der Waals surface area (Å²) in [5, 5.41) is 19.6. The van der Waals surface area contributed by atoms with E-state index in [1.807, 2.05) is 0 Å². The van der Waals surface area contributed by atoms with Gasteiger partial charge in [-0.2, -0.15) is 0 Å². The number of aliphatic hydroxyl groups is 1. The predicted octanol–water partition coefficient (Wildman–Crippen LogP) is 1.95. The van der Waals surface area contributed by atoms with Gasteiger partial charge in [0, 0.05) is 5.56 Å². The van der Waals surface area contributed by atoms with E-state index < -0.39 is 12.1 Å². The Balaban J connectivity index is 2.82. The second-order valence-corrected chi connectivity index (χ2v) is 4.16. The molecular formula is C13H21NO3. The van der Waals surface area contributed by atoms with E-state index in [1.165, 1.54) is 6.07 Å². The largest absolute Gasteiger partial charge is 0.508 e. The van der Waals surface area contributed by atoms with Gasteiger partial charge in [0.25, 0.3) is 0 Å². The zero-order valence-corrected chi connectivity index (χ0v) is 10.4. The number of aliphatic hydroxyl groups excluding tert-OH is 1. The van der Waals surface area contributed by atoms with E-state index in [0.29, 0.717) is 17.7 Å². The highest BCUT2D eigenvalue weighted by Crippen LogP contribution is 2.30. The van der Waals surface area contributed by atoms with Crippen LogP contribution in [0.4, 0.5) is 0 Å². The van der Waals surface area contributed by atoms with Crippen molar-refractivity contribution in [3.05, 3.63) is 23.8 Å². The molecular weight excluding hydrogens is 218 g/mol. The fourth-order valence-electron chi connectivity index (χ4n) is 1.73. The van der Waals surface area contributed by atoms with Gasteiger partial charge in [0.05, 0.1) is 19.3 Å². The molecule has 0 aliphatic rings. The molecule has 0 amide bonds. The van der Waals surface area contributed by atoms with Crippen LogP contribution in [0.3, 0.4) is 0 Å². The molecule has 0 aromatic heterocycles. The van der Waals surface area contributed by atoms with Crippen molar-refractivity contribution in [2.45, 2.75) is 38.3 Å². The molecule has 0 saturated heterocycles. The first-order chi connectivity index (χ1) is 8.10. The number of hydrogen-bond donors (Lipinski definition) is 3. The third-order valence-electron chi connectivity index (χ3n) is 2.86. The fourth-order valence-corrected chi connectivity index (χ4v) is 1.73. The Morgan fingerprint density at radius 2 is 2.12 bits per heavy atom. The van der Waals surface area contributed by atoms with Crippen molar-refractivity contribution in [2.75, 3.05) is 7.11 Å². The molecule has 4 N–H and O–H groups in total. The molecule has 1 aromatic rings. The van der Waals surface area contributed by atoms with Gasteiger partial charge in [-0.3, -0.25) is 0 Å². The number of phenolic OH excluding ortho intramolecular Hbond substituents is 1. The molecule has 17 heavy (non-hydrogen) atoms. The van der Waals surface area contributed by atoms with E-state index >= 15 is 0 Å². The minimum absolute atomic E-state index is 0.0915. The third-order valence-corrected chi connectivity index (χ3v) is 2.86. The van der Waals surface area contributed by atoms with Crippen molar-refractivity contribution >= 4 is 0 Å². The van der Waals surface area contributed by atoms with Crippen LogP contribution in [-0.4, -0.2) is 23.4 Å². The summed E-state index contributed by atoms with van der Waals surface area (Å²) in [6.07, 6.45) is 1.91. The minimum atomic E-state index is -0.645. The van der Waals surface area contributed by atoms with Gasteiger partial charge in [-0.05, 0) is 24.6 Å². The second-order valence-electron chi connectivity index (χ2n) is 4.16. The number of phenols is 1. The van der Waals surface area contributed by atoms with Crippen LogP contribution in [0, 0.1) is 0 Å². The van der Waals surface area contributed by atoms with Gasteiger partial charge in [0.2, 0.25) is 0 Å². The van der Waals surface area contributed by atoms with Gasteiger partial charge in [-0.25, -0.2) is 0 Å². The lowest BCUT2D eigenvalue weighted by Crippen LogP contribution is -2.26. The number of unbranched alkanes of at least 4 members (excludes halogenated alkanes) is 1. The lowest BCUT2D eigenvalue weighted by Gasteiger charge is -2.20. The molecule has 0 radical (unpaired) electrons. The Morgan fingerprint density at radius 3 is 2.71 bits per heavy atom.